The highest BCUT2D eigenvalue weighted by molar-refractivity contribution is 6.24. The molecule has 1 aliphatic rings. The van der Waals surface area contributed by atoms with E-state index in [1.165, 1.54) is 0 Å². The van der Waals surface area contributed by atoms with Gasteiger partial charge in [0.2, 0.25) is 0 Å². The summed E-state index contributed by atoms with van der Waals surface area (Å²) >= 11 is 6.33. The zero-order valence-corrected chi connectivity index (χ0v) is 9.11. The van der Waals surface area contributed by atoms with E-state index >= 15 is 0 Å². The van der Waals surface area contributed by atoms with E-state index < -0.39 is 0 Å². The summed E-state index contributed by atoms with van der Waals surface area (Å²) in [4.78, 5) is -0.359. The second kappa shape index (κ2) is 2.60. The molecule has 1 fully saturated rings. The number of hydrogen-bond donors (Lipinski definition) is 0. The summed E-state index contributed by atoms with van der Waals surface area (Å²) in [5.41, 5.74) is -0.382. The number of likely N-dealkylation sites (tertiary alicyclic amines) is 1. The smallest absolute Gasteiger partial charge is 0.112 e. The third-order valence-electron chi connectivity index (χ3n) is 3.69. The van der Waals surface area contributed by atoms with Gasteiger partial charge in [0.05, 0.1) is 18.5 Å². The molecule has 0 aromatic rings. The predicted molar refractivity (Wildman–Crippen MR) is 52.0 cm³/mol. The molecule has 0 amide bonds. The van der Waals surface area contributed by atoms with Crippen LogP contribution in [-0.4, -0.2) is 28.7 Å². The van der Waals surface area contributed by atoms with Crippen molar-refractivity contribution in [2.45, 2.75) is 44.0 Å². The first kappa shape index (κ1) is 10.3. The summed E-state index contributed by atoms with van der Waals surface area (Å²) in [6.07, 6.45) is 1.88. The molecule has 1 heterocycles. The highest BCUT2D eigenvalue weighted by Gasteiger charge is 2.51. The molecule has 0 saturated carbocycles. The van der Waals surface area contributed by atoms with Crippen molar-refractivity contribution in [2.24, 2.45) is 0 Å². The van der Waals surface area contributed by atoms with Gasteiger partial charge >= 0.3 is 0 Å². The summed E-state index contributed by atoms with van der Waals surface area (Å²) in [6, 6.07) is 0. The maximum absolute atomic E-state index is 12.0. The first-order valence-electron chi connectivity index (χ1n) is 4.46. The zero-order chi connectivity index (χ0) is 9.62. The number of alkyl halides is 1. The number of nitrogens with zero attached hydrogens (tertiary/aromatic N) is 1. The molecule has 3 heteroatoms. The zero-order valence-electron chi connectivity index (χ0n) is 8.35. The lowest BCUT2D eigenvalue weighted by atomic mass is 9.79. The Bertz CT molecular complexity index is 169. The molecule has 1 rings (SSSR count). The van der Waals surface area contributed by atoms with Crippen LogP contribution in [0.4, 0.5) is 0 Å². The lowest BCUT2D eigenvalue weighted by Gasteiger charge is -2.60. The Kier molecular flexibility index (Phi) is 2.23. The maximum Gasteiger partial charge on any atom is 0.112 e. The van der Waals surface area contributed by atoms with E-state index in [0.29, 0.717) is 6.54 Å². The number of quaternary nitrogens is 1. The Labute approximate surface area is 79.7 Å². The lowest BCUT2D eigenvalue weighted by Crippen LogP contribution is -2.67. The minimum atomic E-state index is -0.382. The first-order valence-corrected chi connectivity index (χ1v) is 4.84. The average molecular weight is 192 g/mol. The Morgan fingerprint density at radius 3 is 2.17 bits per heavy atom. The molecule has 72 valence electrons. The molecule has 1 saturated heterocycles. The molecule has 0 aromatic carbocycles. The van der Waals surface area contributed by atoms with Crippen LogP contribution in [0.5, 0.6) is 0 Å². The standard InChI is InChI=1S/C9H18ClNO/c1-8(2)9(3,10)6-5-7-11(8,4)12/h5-7H2,1-4H3. The van der Waals surface area contributed by atoms with E-state index in [9.17, 15) is 5.21 Å². The van der Waals surface area contributed by atoms with E-state index in [1.54, 1.807) is 7.05 Å². The van der Waals surface area contributed by atoms with Gasteiger partial charge in [-0.3, -0.25) is 0 Å². The van der Waals surface area contributed by atoms with Crippen LogP contribution in [0.15, 0.2) is 0 Å². The van der Waals surface area contributed by atoms with Crippen molar-refractivity contribution in [3.05, 3.63) is 5.21 Å². The third kappa shape index (κ3) is 1.26. The van der Waals surface area contributed by atoms with Crippen molar-refractivity contribution in [3.63, 3.8) is 0 Å². The fraction of sp³-hybridized carbons (Fsp3) is 1.00. The first-order chi connectivity index (χ1) is 5.21. The molecule has 0 spiro atoms. The van der Waals surface area contributed by atoms with Crippen molar-refractivity contribution >= 4 is 11.6 Å². The van der Waals surface area contributed by atoms with Gasteiger partial charge in [-0.15, -0.1) is 11.6 Å². The van der Waals surface area contributed by atoms with Crippen LogP contribution >= 0.6 is 11.6 Å². The second-order valence-corrected chi connectivity index (χ2v) is 5.52. The fourth-order valence-corrected chi connectivity index (χ4v) is 2.10. The fourth-order valence-electron chi connectivity index (χ4n) is 1.79. The van der Waals surface area contributed by atoms with Gasteiger partial charge in [0.25, 0.3) is 0 Å². The quantitative estimate of drug-likeness (QED) is 0.328. The Balaban J connectivity index is 2.99. The van der Waals surface area contributed by atoms with Gasteiger partial charge in [-0.25, -0.2) is 0 Å². The third-order valence-corrected chi connectivity index (χ3v) is 4.34. The molecule has 0 aromatic heterocycles. The maximum atomic E-state index is 12.0. The number of rotatable bonds is 0. The summed E-state index contributed by atoms with van der Waals surface area (Å²) < 4.78 is -0.215. The van der Waals surface area contributed by atoms with Crippen LogP contribution in [-0.2, 0) is 0 Å². The number of hydrogen-bond acceptors (Lipinski definition) is 1. The number of halogens is 1. The predicted octanol–water partition coefficient (Wildman–Crippen LogP) is 2.50. The molecular formula is C9H18ClNO. The van der Waals surface area contributed by atoms with Gasteiger partial charge in [-0.2, -0.15) is 0 Å². The summed E-state index contributed by atoms with van der Waals surface area (Å²) in [6.45, 7) is 6.59. The summed E-state index contributed by atoms with van der Waals surface area (Å²) in [5.74, 6) is 0. The molecule has 12 heavy (non-hydrogen) atoms. The molecule has 0 aliphatic carbocycles. The van der Waals surface area contributed by atoms with E-state index in [4.69, 9.17) is 11.6 Å². The minimum absolute atomic E-state index is 0.215. The van der Waals surface area contributed by atoms with Crippen LogP contribution in [0.25, 0.3) is 0 Å². The van der Waals surface area contributed by atoms with Crippen LogP contribution in [0.2, 0.25) is 0 Å². The average Bonchev–Trinajstić information content (AvgIpc) is 1.83. The van der Waals surface area contributed by atoms with E-state index in [0.717, 1.165) is 12.8 Å². The molecule has 0 radical (unpaired) electrons. The topological polar surface area (TPSA) is 23.1 Å². The Hall–Kier alpha value is 0.210. The van der Waals surface area contributed by atoms with Crippen LogP contribution < -0.4 is 0 Å². The molecular weight excluding hydrogens is 174 g/mol. The van der Waals surface area contributed by atoms with Crippen molar-refractivity contribution < 1.29 is 4.65 Å². The van der Waals surface area contributed by atoms with Crippen LogP contribution in [0, 0.1) is 5.21 Å². The second-order valence-electron chi connectivity index (χ2n) is 4.68. The van der Waals surface area contributed by atoms with Gasteiger partial charge in [0.1, 0.15) is 5.54 Å². The van der Waals surface area contributed by atoms with Gasteiger partial charge in [0, 0.05) is 0 Å². The summed E-state index contributed by atoms with van der Waals surface area (Å²) in [5, 5.41) is 12.0. The lowest BCUT2D eigenvalue weighted by molar-refractivity contribution is -0.918. The van der Waals surface area contributed by atoms with Crippen LogP contribution in [0.3, 0.4) is 0 Å². The molecule has 1 aliphatic heterocycles. The molecule has 0 bridgehead atoms. The highest BCUT2D eigenvalue weighted by Crippen LogP contribution is 2.44. The van der Waals surface area contributed by atoms with E-state index in [-0.39, 0.29) is 15.1 Å². The molecule has 2 unspecified atom stereocenters. The summed E-state index contributed by atoms with van der Waals surface area (Å²) in [7, 11) is 1.72. The van der Waals surface area contributed by atoms with Gasteiger partial charge in [-0.05, 0) is 33.6 Å². The van der Waals surface area contributed by atoms with E-state index in [1.807, 2.05) is 20.8 Å². The van der Waals surface area contributed by atoms with Crippen LogP contribution in [0.1, 0.15) is 33.6 Å². The SMILES string of the molecule is CC1(Cl)CCC[N+](C)([O-])C1(C)C. The Morgan fingerprint density at radius 1 is 1.33 bits per heavy atom. The monoisotopic (exact) mass is 191 g/mol. The Morgan fingerprint density at radius 2 is 1.83 bits per heavy atom. The van der Waals surface area contributed by atoms with Crippen molar-refractivity contribution in [1.29, 1.82) is 0 Å². The van der Waals surface area contributed by atoms with E-state index in [2.05, 4.69) is 0 Å². The largest absolute Gasteiger partial charge is 0.633 e. The molecule has 0 N–H and O–H groups in total. The molecule has 2 atom stereocenters. The number of hydroxylamine groups is 3. The molecule has 2 nitrogen and oxygen atoms in total. The normalized spacial score (nSPS) is 47.5. The minimum Gasteiger partial charge on any atom is -0.633 e. The van der Waals surface area contributed by atoms with Crippen molar-refractivity contribution in [2.75, 3.05) is 13.6 Å². The highest BCUT2D eigenvalue weighted by atomic mass is 35.5. The van der Waals surface area contributed by atoms with Crippen molar-refractivity contribution in [3.8, 4) is 0 Å². The van der Waals surface area contributed by atoms with Crippen molar-refractivity contribution in [1.82, 2.24) is 0 Å². The van der Waals surface area contributed by atoms with Gasteiger partial charge in [-0.1, -0.05) is 0 Å². The van der Waals surface area contributed by atoms with Gasteiger partial charge < -0.3 is 9.85 Å². The number of piperidine rings is 1. The van der Waals surface area contributed by atoms with Gasteiger partial charge in [0.15, 0.2) is 0 Å².